The maximum atomic E-state index is 12.7. The second-order valence-electron chi connectivity index (χ2n) is 5.86. The van der Waals surface area contributed by atoms with Crippen LogP contribution in [0, 0.1) is 0 Å². The molecule has 0 aromatic heterocycles. The van der Waals surface area contributed by atoms with E-state index >= 15 is 0 Å². The number of carbonyl (C=O) groups excluding carboxylic acids is 1. The number of benzene rings is 1. The number of amides is 1. The summed E-state index contributed by atoms with van der Waals surface area (Å²) < 4.78 is 49.7. The van der Waals surface area contributed by atoms with Gasteiger partial charge in [0.05, 0.1) is 16.4 Å². The Morgan fingerprint density at radius 1 is 1.38 bits per heavy atom. The van der Waals surface area contributed by atoms with Crippen LogP contribution < -0.4 is 5.32 Å². The summed E-state index contributed by atoms with van der Waals surface area (Å²) in [5.41, 5.74) is 0.261. The molecule has 0 radical (unpaired) electrons. The molecule has 134 valence electrons. The molecule has 2 rings (SSSR count). The number of nitrogens with zero attached hydrogens (tertiary/aromatic N) is 1. The van der Waals surface area contributed by atoms with Gasteiger partial charge in [-0.3, -0.25) is 4.79 Å². The Balaban J connectivity index is 2.24. The third-order valence-corrected chi connectivity index (χ3v) is 7.69. The molecule has 0 saturated carbocycles. The number of carbonyl (C=O) groups is 1. The van der Waals surface area contributed by atoms with E-state index in [1.165, 1.54) is 25.2 Å². The predicted octanol–water partition coefficient (Wildman–Crippen LogP) is 0.634. The van der Waals surface area contributed by atoms with Crippen LogP contribution in [0.4, 0.5) is 0 Å². The Morgan fingerprint density at radius 3 is 2.67 bits per heavy atom. The highest BCUT2D eigenvalue weighted by Crippen LogP contribution is 2.24. The van der Waals surface area contributed by atoms with Crippen molar-refractivity contribution in [1.82, 2.24) is 9.62 Å². The highest BCUT2D eigenvalue weighted by Gasteiger charge is 2.36. The summed E-state index contributed by atoms with van der Waals surface area (Å²) in [4.78, 5) is 12.0. The molecular formula is C15H22N2O5S2. The van der Waals surface area contributed by atoms with Crippen LogP contribution in [-0.4, -0.2) is 58.2 Å². The van der Waals surface area contributed by atoms with E-state index in [4.69, 9.17) is 0 Å². The monoisotopic (exact) mass is 374 g/mol. The van der Waals surface area contributed by atoms with Gasteiger partial charge >= 0.3 is 0 Å². The molecule has 1 atom stereocenters. The molecule has 1 aliphatic rings. The molecule has 1 saturated heterocycles. The quantitative estimate of drug-likeness (QED) is 0.787. The van der Waals surface area contributed by atoms with Crippen LogP contribution in [0.5, 0.6) is 0 Å². The van der Waals surface area contributed by atoms with Gasteiger partial charge in [0.25, 0.3) is 5.91 Å². The molecule has 1 N–H and O–H groups in total. The summed E-state index contributed by atoms with van der Waals surface area (Å²) in [5, 5.41) is 2.70. The van der Waals surface area contributed by atoms with Crippen LogP contribution in [0.3, 0.4) is 0 Å². The number of sulfone groups is 1. The molecule has 0 aliphatic carbocycles. The second-order valence-corrected chi connectivity index (χ2v) is 10.1. The number of hydrogen-bond donors (Lipinski definition) is 1. The second kappa shape index (κ2) is 7.20. The van der Waals surface area contributed by atoms with Gasteiger partial charge in [0, 0.05) is 25.2 Å². The Bertz CT molecular complexity index is 818. The first kappa shape index (κ1) is 18.9. The summed E-state index contributed by atoms with van der Waals surface area (Å²) in [6, 6.07) is 5.21. The van der Waals surface area contributed by atoms with Gasteiger partial charge in [-0.25, -0.2) is 16.8 Å². The van der Waals surface area contributed by atoms with Gasteiger partial charge in [0.15, 0.2) is 9.84 Å². The van der Waals surface area contributed by atoms with Gasteiger partial charge in [-0.2, -0.15) is 4.31 Å². The molecule has 1 aromatic rings. The van der Waals surface area contributed by atoms with E-state index in [1.54, 1.807) is 6.07 Å². The Kier molecular flexibility index (Phi) is 5.67. The van der Waals surface area contributed by atoms with Crippen molar-refractivity contribution in [2.45, 2.75) is 30.7 Å². The van der Waals surface area contributed by atoms with Crippen molar-refractivity contribution in [1.29, 1.82) is 0 Å². The molecule has 1 heterocycles. The van der Waals surface area contributed by atoms with Crippen molar-refractivity contribution >= 4 is 25.8 Å². The number of rotatable bonds is 6. The first-order valence-electron chi connectivity index (χ1n) is 7.74. The maximum Gasteiger partial charge on any atom is 0.251 e. The van der Waals surface area contributed by atoms with Crippen LogP contribution >= 0.6 is 0 Å². The van der Waals surface area contributed by atoms with Crippen LogP contribution in [0.1, 0.15) is 30.1 Å². The smallest absolute Gasteiger partial charge is 0.251 e. The zero-order valence-corrected chi connectivity index (χ0v) is 15.4. The van der Waals surface area contributed by atoms with Crippen molar-refractivity contribution in [3.63, 3.8) is 0 Å². The van der Waals surface area contributed by atoms with Crippen LogP contribution in [0.15, 0.2) is 29.2 Å². The van der Waals surface area contributed by atoms with Crippen molar-refractivity contribution in [3.05, 3.63) is 29.8 Å². The van der Waals surface area contributed by atoms with Gasteiger partial charge in [0.2, 0.25) is 10.0 Å². The predicted molar refractivity (Wildman–Crippen MR) is 91.1 cm³/mol. The molecule has 9 heteroatoms. The minimum atomic E-state index is -3.86. The van der Waals surface area contributed by atoms with E-state index in [-0.39, 0.29) is 34.3 Å². The standard InChI is InChI=1S/C15H22N2O5S2/c1-3-8-16-15(18)12-5-4-6-14(10-12)24(21,22)17(2)13-7-9-23(19,20)11-13/h4-6,10,13H,3,7-9,11H2,1-2H3,(H,16,18). The first-order valence-corrected chi connectivity index (χ1v) is 11.0. The summed E-state index contributed by atoms with van der Waals surface area (Å²) in [6.07, 6.45) is 1.07. The average molecular weight is 374 g/mol. The SMILES string of the molecule is CCCNC(=O)c1cccc(S(=O)(=O)N(C)C2CCS(=O)(=O)C2)c1. The Hall–Kier alpha value is -1.45. The van der Waals surface area contributed by atoms with E-state index in [2.05, 4.69) is 5.32 Å². The van der Waals surface area contributed by atoms with Crippen LogP contribution in [0.25, 0.3) is 0 Å². The topological polar surface area (TPSA) is 101 Å². The third-order valence-electron chi connectivity index (χ3n) is 4.03. The van der Waals surface area contributed by atoms with Crippen molar-refractivity contribution in [2.24, 2.45) is 0 Å². The average Bonchev–Trinajstić information content (AvgIpc) is 2.91. The molecule has 0 bridgehead atoms. The minimum Gasteiger partial charge on any atom is -0.352 e. The number of hydrogen-bond acceptors (Lipinski definition) is 5. The normalized spacial score (nSPS) is 20.2. The van der Waals surface area contributed by atoms with E-state index < -0.39 is 25.9 Å². The Morgan fingerprint density at radius 2 is 2.08 bits per heavy atom. The van der Waals surface area contributed by atoms with Gasteiger partial charge in [0.1, 0.15) is 0 Å². The van der Waals surface area contributed by atoms with E-state index in [0.717, 1.165) is 10.7 Å². The lowest BCUT2D eigenvalue weighted by molar-refractivity contribution is 0.0953. The lowest BCUT2D eigenvalue weighted by Crippen LogP contribution is -2.37. The first-order chi connectivity index (χ1) is 11.2. The zero-order valence-electron chi connectivity index (χ0n) is 13.7. The fraction of sp³-hybridized carbons (Fsp3) is 0.533. The fourth-order valence-electron chi connectivity index (χ4n) is 2.56. The van der Waals surface area contributed by atoms with Crippen molar-refractivity contribution < 1.29 is 21.6 Å². The van der Waals surface area contributed by atoms with E-state index in [9.17, 15) is 21.6 Å². The van der Waals surface area contributed by atoms with Crippen molar-refractivity contribution in [3.8, 4) is 0 Å². The number of nitrogens with one attached hydrogen (secondary N) is 1. The Labute approximate surface area is 143 Å². The highest BCUT2D eigenvalue weighted by atomic mass is 32.2. The highest BCUT2D eigenvalue weighted by molar-refractivity contribution is 7.92. The van der Waals surface area contributed by atoms with Crippen LogP contribution in [0.2, 0.25) is 0 Å². The lowest BCUT2D eigenvalue weighted by atomic mass is 10.2. The van der Waals surface area contributed by atoms with Crippen molar-refractivity contribution in [2.75, 3.05) is 25.1 Å². The summed E-state index contributed by atoms with van der Waals surface area (Å²) in [6.45, 7) is 2.43. The fourth-order valence-corrected chi connectivity index (χ4v) is 5.86. The van der Waals surface area contributed by atoms with Gasteiger partial charge in [-0.05, 0) is 31.0 Å². The largest absolute Gasteiger partial charge is 0.352 e. The summed E-state index contributed by atoms with van der Waals surface area (Å²) in [5.74, 6) is -0.504. The van der Waals surface area contributed by atoms with Gasteiger partial charge in [-0.1, -0.05) is 13.0 Å². The van der Waals surface area contributed by atoms with Gasteiger partial charge < -0.3 is 5.32 Å². The maximum absolute atomic E-state index is 12.7. The molecule has 1 fully saturated rings. The molecule has 24 heavy (non-hydrogen) atoms. The van der Waals surface area contributed by atoms with Gasteiger partial charge in [-0.15, -0.1) is 0 Å². The minimum absolute atomic E-state index is 0.00299. The molecule has 1 amide bonds. The number of sulfonamides is 1. The molecule has 1 unspecified atom stereocenters. The molecule has 1 aromatic carbocycles. The zero-order chi connectivity index (χ0) is 18.0. The molecular weight excluding hydrogens is 352 g/mol. The molecule has 1 aliphatic heterocycles. The lowest BCUT2D eigenvalue weighted by Gasteiger charge is -2.23. The molecule has 0 spiro atoms. The third kappa shape index (κ3) is 4.14. The van der Waals surface area contributed by atoms with Crippen LogP contribution in [-0.2, 0) is 19.9 Å². The van der Waals surface area contributed by atoms with E-state index in [0.29, 0.717) is 6.54 Å². The summed E-state index contributed by atoms with van der Waals surface area (Å²) >= 11 is 0. The summed E-state index contributed by atoms with van der Waals surface area (Å²) in [7, 11) is -5.67. The molecule has 7 nitrogen and oxygen atoms in total. The van der Waals surface area contributed by atoms with E-state index in [1.807, 2.05) is 6.92 Å².